The molecule has 3 aromatic rings. The van der Waals surface area contributed by atoms with Gasteiger partial charge in [0.1, 0.15) is 30.8 Å². The Labute approximate surface area is 342 Å². The minimum absolute atomic E-state index is 0.00690. The average molecular weight is 820 g/mol. The number of rotatable bonds is 25. The average Bonchev–Trinajstić information content (AvgIpc) is 3.22. The molecule has 5 amide bonds. The summed E-state index contributed by atoms with van der Waals surface area (Å²) < 4.78 is 5.30. The molecule has 0 fully saturated rings. The molecule has 0 aliphatic rings. The van der Waals surface area contributed by atoms with Crippen LogP contribution in [0.25, 0.3) is 0 Å². The zero-order valence-electron chi connectivity index (χ0n) is 32.4. The van der Waals surface area contributed by atoms with Crippen molar-refractivity contribution in [3.05, 3.63) is 108 Å². The number of hydrogen-bond acceptors (Lipinski definition) is 11. The number of thioether (sulfide) groups is 1. The highest BCUT2D eigenvalue weighted by atomic mass is 32.2. The Balaban J connectivity index is 1.76. The second kappa shape index (κ2) is 25.5. The monoisotopic (exact) mass is 819 g/mol. The Morgan fingerprint density at radius 2 is 1.16 bits per heavy atom. The van der Waals surface area contributed by atoms with E-state index in [1.54, 1.807) is 91.2 Å². The molecule has 0 spiro atoms. The van der Waals surface area contributed by atoms with Crippen LogP contribution >= 0.6 is 11.8 Å². The van der Waals surface area contributed by atoms with Crippen molar-refractivity contribution in [2.45, 2.75) is 75.3 Å². The summed E-state index contributed by atoms with van der Waals surface area (Å²) in [7, 11) is 0. The lowest BCUT2D eigenvalue weighted by Crippen LogP contribution is -2.58. The standard InChI is InChI=1S/C41H53N7O9S/c1-58-21-19-31(41(55)56)46-40(54)34(24-36(50)57-26-29-16-9-4-10-17-29)45-35(49)25-44-38(52)32(22-27-12-5-2-6-13-27)48-39(53)33(23-28-14-7-3-8-15-28)47-37(51)30(43)18-11-20-42/h2-10,12-17,30-34H,11,18-26,42-43H2,1H3,(H,44,52)(H,45,49)(H,46,54)(H,47,51)(H,48,53)(H,55,56)/t30-,31-,32-,33-,34-/m0/s1. The predicted molar refractivity (Wildman–Crippen MR) is 219 cm³/mol. The summed E-state index contributed by atoms with van der Waals surface area (Å²) in [6.45, 7) is -0.450. The number of ether oxygens (including phenoxy) is 1. The van der Waals surface area contributed by atoms with Crippen molar-refractivity contribution in [1.82, 2.24) is 26.6 Å². The largest absolute Gasteiger partial charge is 0.480 e. The second-order valence-electron chi connectivity index (χ2n) is 13.4. The zero-order valence-corrected chi connectivity index (χ0v) is 33.2. The predicted octanol–water partition coefficient (Wildman–Crippen LogP) is 0.565. The van der Waals surface area contributed by atoms with E-state index < -0.39 is 84.6 Å². The number of carbonyl (C=O) groups is 7. The first-order valence-corrected chi connectivity index (χ1v) is 20.2. The molecule has 5 atom stereocenters. The molecule has 0 aliphatic heterocycles. The molecular formula is C41H53N7O9S. The first-order valence-electron chi connectivity index (χ1n) is 18.8. The maximum atomic E-state index is 13.9. The molecule has 58 heavy (non-hydrogen) atoms. The van der Waals surface area contributed by atoms with Gasteiger partial charge in [0.05, 0.1) is 19.0 Å². The van der Waals surface area contributed by atoms with Crippen molar-refractivity contribution in [2.24, 2.45) is 11.5 Å². The van der Waals surface area contributed by atoms with E-state index in [9.17, 15) is 38.7 Å². The molecule has 3 aromatic carbocycles. The number of nitrogens with one attached hydrogen (secondary N) is 5. The van der Waals surface area contributed by atoms with E-state index in [2.05, 4.69) is 26.6 Å². The van der Waals surface area contributed by atoms with Crippen LogP contribution in [0.1, 0.15) is 42.4 Å². The van der Waals surface area contributed by atoms with Gasteiger partial charge >= 0.3 is 11.9 Å². The maximum Gasteiger partial charge on any atom is 0.326 e. The van der Waals surface area contributed by atoms with Gasteiger partial charge in [-0.2, -0.15) is 11.8 Å². The van der Waals surface area contributed by atoms with E-state index in [4.69, 9.17) is 16.2 Å². The Hall–Kier alpha value is -5.78. The van der Waals surface area contributed by atoms with E-state index in [1.807, 2.05) is 6.07 Å². The lowest BCUT2D eigenvalue weighted by molar-refractivity contribution is -0.148. The summed E-state index contributed by atoms with van der Waals surface area (Å²) in [5.41, 5.74) is 13.7. The molecule has 0 aliphatic carbocycles. The summed E-state index contributed by atoms with van der Waals surface area (Å²) in [6.07, 6.45) is 2.13. The van der Waals surface area contributed by atoms with E-state index in [-0.39, 0.29) is 25.9 Å². The highest BCUT2D eigenvalue weighted by molar-refractivity contribution is 7.98. The van der Waals surface area contributed by atoms with Gasteiger partial charge in [-0.3, -0.25) is 28.8 Å². The van der Waals surface area contributed by atoms with Gasteiger partial charge in [0, 0.05) is 12.8 Å². The summed E-state index contributed by atoms with van der Waals surface area (Å²) in [4.78, 5) is 91.9. The van der Waals surface area contributed by atoms with Gasteiger partial charge in [0.2, 0.25) is 29.5 Å². The Morgan fingerprint density at radius 1 is 0.655 bits per heavy atom. The molecule has 0 radical (unpaired) electrons. The summed E-state index contributed by atoms with van der Waals surface area (Å²) in [6, 6.07) is 20.4. The van der Waals surface area contributed by atoms with Crippen molar-refractivity contribution in [2.75, 3.05) is 25.1 Å². The van der Waals surface area contributed by atoms with Gasteiger partial charge in [-0.15, -0.1) is 0 Å². The molecule has 3 rings (SSSR count). The van der Waals surface area contributed by atoms with E-state index in [0.717, 1.165) is 5.56 Å². The summed E-state index contributed by atoms with van der Waals surface area (Å²) in [5.74, 6) is -5.54. The molecule has 10 N–H and O–H groups in total. The quantitative estimate of drug-likeness (QED) is 0.0546. The third-order valence-corrected chi connectivity index (χ3v) is 9.44. The maximum absolute atomic E-state index is 13.9. The minimum atomic E-state index is -1.55. The van der Waals surface area contributed by atoms with Crippen LogP contribution in [0.5, 0.6) is 0 Å². The molecule has 0 bridgehead atoms. The number of amides is 5. The minimum Gasteiger partial charge on any atom is -0.480 e. The Bertz CT molecular complexity index is 1790. The van der Waals surface area contributed by atoms with Crippen LogP contribution in [0.3, 0.4) is 0 Å². The van der Waals surface area contributed by atoms with Crippen molar-refractivity contribution in [1.29, 1.82) is 0 Å². The molecule has 312 valence electrons. The molecule has 0 unspecified atom stereocenters. The van der Waals surface area contributed by atoms with Crippen LogP contribution in [0.2, 0.25) is 0 Å². The number of aliphatic carboxylic acids is 1. The highest BCUT2D eigenvalue weighted by Gasteiger charge is 2.31. The first-order chi connectivity index (χ1) is 27.9. The van der Waals surface area contributed by atoms with Crippen LogP contribution in [-0.4, -0.2) is 102 Å². The van der Waals surface area contributed by atoms with Crippen LogP contribution < -0.4 is 38.1 Å². The van der Waals surface area contributed by atoms with Gasteiger partial charge in [-0.25, -0.2) is 4.79 Å². The third kappa shape index (κ3) is 17.2. The van der Waals surface area contributed by atoms with Crippen molar-refractivity contribution < 1.29 is 43.4 Å². The van der Waals surface area contributed by atoms with Crippen molar-refractivity contribution in [3.8, 4) is 0 Å². The molecule has 16 nitrogen and oxygen atoms in total. The summed E-state index contributed by atoms with van der Waals surface area (Å²) >= 11 is 1.38. The SMILES string of the molecule is CSCC[C@H](NC(=O)[C@H](CC(=O)OCc1ccccc1)NC(=O)CNC(=O)[C@H](Cc1ccccc1)NC(=O)[C@H](Cc1ccccc1)NC(=O)[C@@H](N)CCCN)C(=O)O. The van der Waals surface area contributed by atoms with E-state index >= 15 is 0 Å². The van der Waals surface area contributed by atoms with Gasteiger partial charge < -0.3 is 47.9 Å². The second-order valence-corrected chi connectivity index (χ2v) is 14.4. The van der Waals surface area contributed by atoms with Crippen LogP contribution in [-0.2, 0) is 57.7 Å². The number of carboxylic acids is 1. The third-order valence-electron chi connectivity index (χ3n) is 8.80. The topological polar surface area (TPSA) is 261 Å². The molecule has 17 heteroatoms. The molecule has 0 aromatic heterocycles. The number of hydrogen-bond donors (Lipinski definition) is 8. The Kier molecular flexibility index (Phi) is 20.5. The van der Waals surface area contributed by atoms with Crippen LogP contribution in [0, 0.1) is 0 Å². The molecule has 0 saturated heterocycles. The fraction of sp³-hybridized carbons (Fsp3) is 0.390. The van der Waals surface area contributed by atoms with Crippen LogP contribution in [0.15, 0.2) is 91.0 Å². The van der Waals surface area contributed by atoms with Gasteiger partial charge in [0.25, 0.3) is 0 Å². The number of carboxylic acid groups (broad SMARTS) is 1. The van der Waals surface area contributed by atoms with Gasteiger partial charge in [0.15, 0.2) is 0 Å². The number of esters is 1. The fourth-order valence-corrected chi connectivity index (χ4v) is 6.08. The number of nitrogens with two attached hydrogens (primary N) is 2. The number of benzene rings is 3. The lowest BCUT2D eigenvalue weighted by Gasteiger charge is -2.25. The normalized spacial score (nSPS) is 13.4. The molecule has 0 heterocycles. The Morgan fingerprint density at radius 3 is 1.69 bits per heavy atom. The molecule has 0 saturated carbocycles. The summed E-state index contributed by atoms with van der Waals surface area (Å²) in [5, 5.41) is 22.3. The zero-order chi connectivity index (χ0) is 42.3. The van der Waals surface area contributed by atoms with E-state index in [0.29, 0.717) is 36.3 Å². The lowest BCUT2D eigenvalue weighted by atomic mass is 10.0. The van der Waals surface area contributed by atoms with Crippen molar-refractivity contribution in [3.63, 3.8) is 0 Å². The van der Waals surface area contributed by atoms with Gasteiger partial charge in [-0.1, -0.05) is 91.0 Å². The smallest absolute Gasteiger partial charge is 0.326 e. The fourth-order valence-electron chi connectivity index (χ4n) is 5.61. The highest BCUT2D eigenvalue weighted by Crippen LogP contribution is 2.09. The van der Waals surface area contributed by atoms with Crippen molar-refractivity contribution >= 4 is 53.2 Å². The number of carbonyl (C=O) groups excluding carboxylic acids is 6. The van der Waals surface area contributed by atoms with Crippen LogP contribution in [0.4, 0.5) is 0 Å². The van der Waals surface area contributed by atoms with E-state index in [1.165, 1.54) is 11.8 Å². The van der Waals surface area contributed by atoms with Gasteiger partial charge in [-0.05, 0) is 54.5 Å². The first kappa shape index (κ1) is 46.6. The molecular weight excluding hydrogens is 767 g/mol.